The van der Waals surface area contributed by atoms with E-state index in [2.05, 4.69) is 6.92 Å². The maximum absolute atomic E-state index is 12.2. The molecule has 0 saturated carbocycles. The van der Waals surface area contributed by atoms with Crippen molar-refractivity contribution < 1.29 is 19.4 Å². The lowest BCUT2D eigenvalue weighted by molar-refractivity contribution is 0.0249. The van der Waals surface area contributed by atoms with E-state index in [-0.39, 0.29) is 17.2 Å². The van der Waals surface area contributed by atoms with Crippen LogP contribution in [-0.4, -0.2) is 23.1 Å². The highest BCUT2D eigenvalue weighted by molar-refractivity contribution is 6.02. The Morgan fingerprint density at radius 2 is 1.71 bits per heavy atom. The van der Waals surface area contributed by atoms with Crippen molar-refractivity contribution in [2.24, 2.45) is 0 Å². The van der Waals surface area contributed by atoms with Crippen LogP contribution in [0.25, 0.3) is 0 Å². The second-order valence-electron chi connectivity index (χ2n) is 5.16. The first-order chi connectivity index (χ1) is 10.1. The Hall–Kier alpha value is -1.84. The van der Waals surface area contributed by atoms with Crippen molar-refractivity contribution in [3.05, 3.63) is 35.4 Å². The molecule has 0 aliphatic rings. The number of carbonyl (C=O) groups excluding carboxylic acids is 1. The number of esters is 1. The van der Waals surface area contributed by atoms with Crippen LogP contribution in [0.4, 0.5) is 0 Å². The molecule has 1 atom stereocenters. The van der Waals surface area contributed by atoms with Crippen LogP contribution >= 0.6 is 0 Å². The van der Waals surface area contributed by atoms with Crippen molar-refractivity contribution in [1.29, 1.82) is 0 Å². The summed E-state index contributed by atoms with van der Waals surface area (Å²) in [6.07, 6.45) is 5.71. The largest absolute Gasteiger partial charge is 0.478 e. The molecule has 4 heteroatoms. The van der Waals surface area contributed by atoms with Gasteiger partial charge in [-0.25, -0.2) is 9.59 Å². The van der Waals surface area contributed by atoms with Gasteiger partial charge in [0.1, 0.15) is 6.10 Å². The van der Waals surface area contributed by atoms with E-state index in [0.29, 0.717) is 0 Å². The molecule has 0 fully saturated rings. The van der Waals surface area contributed by atoms with Gasteiger partial charge in [0.05, 0.1) is 11.1 Å². The van der Waals surface area contributed by atoms with E-state index in [1.165, 1.54) is 12.1 Å². The van der Waals surface area contributed by atoms with Crippen molar-refractivity contribution in [3.8, 4) is 0 Å². The van der Waals surface area contributed by atoms with E-state index < -0.39 is 11.9 Å². The number of rotatable bonds is 9. The molecule has 1 N–H and O–H groups in total. The predicted molar refractivity (Wildman–Crippen MR) is 81.7 cm³/mol. The zero-order chi connectivity index (χ0) is 15.7. The van der Waals surface area contributed by atoms with Gasteiger partial charge < -0.3 is 9.84 Å². The molecular formula is C17H24O4. The number of unbranched alkanes of at least 4 members (excludes halogenated alkanes) is 2. The highest BCUT2D eigenvalue weighted by atomic mass is 16.5. The summed E-state index contributed by atoms with van der Waals surface area (Å²) in [5, 5.41) is 9.12. The molecule has 0 aliphatic carbocycles. The first-order valence-electron chi connectivity index (χ1n) is 7.63. The van der Waals surface area contributed by atoms with Gasteiger partial charge >= 0.3 is 11.9 Å². The van der Waals surface area contributed by atoms with Gasteiger partial charge in [0.2, 0.25) is 0 Å². The van der Waals surface area contributed by atoms with Crippen LogP contribution < -0.4 is 0 Å². The zero-order valence-corrected chi connectivity index (χ0v) is 12.8. The molecule has 0 aromatic heterocycles. The Labute approximate surface area is 126 Å². The number of aromatic carboxylic acids is 1. The summed E-state index contributed by atoms with van der Waals surface area (Å²) >= 11 is 0. The minimum Gasteiger partial charge on any atom is -0.478 e. The smallest absolute Gasteiger partial charge is 0.339 e. The molecule has 0 amide bonds. The third-order valence-corrected chi connectivity index (χ3v) is 3.39. The van der Waals surface area contributed by atoms with Gasteiger partial charge in [-0.15, -0.1) is 0 Å². The molecule has 0 radical (unpaired) electrons. The Balaban J connectivity index is 2.75. The molecule has 0 aliphatic heterocycles. The van der Waals surface area contributed by atoms with Crippen molar-refractivity contribution in [2.45, 2.75) is 58.5 Å². The maximum atomic E-state index is 12.2. The predicted octanol–water partition coefficient (Wildman–Crippen LogP) is 4.29. The number of carbonyl (C=O) groups is 2. The van der Waals surface area contributed by atoms with Gasteiger partial charge in [0.25, 0.3) is 0 Å². The topological polar surface area (TPSA) is 63.6 Å². The molecule has 0 heterocycles. The lowest BCUT2D eigenvalue weighted by atomic mass is 10.1. The van der Waals surface area contributed by atoms with Gasteiger partial charge in [-0.05, 0) is 31.4 Å². The Morgan fingerprint density at radius 1 is 1.05 bits per heavy atom. The van der Waals surface area contributed by atoms with E-state index in [1.54, 1.807) is 12.1 Å². The number of benzene rings is 1. The first-order valence-corrected chi connectivity index (χ1v) is 7.63. The summed E-state index contributed by atoms with van der Waals surface area (Å²) in [6.45, 7) is 4.18. The van der Waals surface area contributed by atoms with Crippen molar-refractivity contribution in [2.75, 3.05) is 0 Å². The summed E-state index contributed by atoms with van der Waals surface area (Å²) in [7, 11) is 0. The number of carboxylic acid groups (broad SMARTS) is 1. The van der Waals surface area contributed by atoms with Crippen LogP contribution in [0.15, 0.2) is 24.3 Å². The minimum absolute atomic E-state index is 0.00805. The number of carboxylic acids is 1. The molecule has 1 unspecified atom stereocenters. The van der Waals surface area contributed by atoms with Crippen LogP contribution in [0.5, 0.6) is 0 Å². The third-order valence-electron chi connectivity index (χ3n) is 3.39. The van der Waals surface area contributed by atoms with E-state index >= 15 is 0 Å². The van der Waals surface area contributed by atoms with Crippen molar-refractivity contribution >= 4 is 11.9 Å². The average molecular weight is 292 g/mol. The monoisotopic (exact) mass is 292 g/mol. The van der Waals surface area contributed by atoms with Crippen molar-refractivity contribution in [3.63, 3.8) is 0 Å². The highest BCUT2D eigenvalue weighted by Gasteiger charge is 2.20. The Bertz CT molecular complexity index is 468. The number of hydrogen-bond donors (Lipinski definition) is 1. The quantitative estimate of drug-likeness (QED) is 0.544. The summed E-state index contributed by atoms with van der Waals surface area (Å²) in [4.78, 5) is 23.3. The van der Waals surface area contributed by atoms with Gasteiger partial charge in [0, 0.05) is 0 Å². The SMILES string of the molecule is CCCCCC(CCC)OC(=O)c1ccccc1C(=O)O. The van der Waals surface area contributed by atoms with Gasteiger partial charge in [-0.1, -0.05) is 45.2 Å². The molecule has 1 aromatic rings. The molecule has 116 valence electrons. The van der Waals surface area contributed by atoms with Crippen LogP contribution in [0.3, 0.4) is 0 Å². The van der Waals surface area contributed by atoms with Crippen LogP contribution in [0.2, 0.25) is 0 Å². The second kappa shape index (κ2) is 9.16. The van der Waals surface area contributed by atoms with E-state index in [4.69, 9.17) is 9.84 Å². The third kappa shape index (κ3) is 5.58. The lowest BCUT2D eigenvalue weighted by Crippen LogP contribution is -2.20. The van der Waals surface area contributed by atoms with E-state index in [1.807, 2.05) is 6.92 Å². The van der Waals surface area contributed by atoms with Gasteiger partial charge in [-0.3, -0.25) is 0 Å². The van der Waals surface area contributed by atoms with E-state index in [0.717, 1.165) is 38.5 Å². The molecule has 0 saturated heterocycles. The van der Waals surface area contributed by atoms with E-state index in [9.17, 15) is 9.59 Å². The molecule has 21 heavy (non-hydrogen) atoms. The van der Waals surface area contributed by atoms with Crippen LogP contribution in [0, 0.1) is 0 Å². The van der Waals surface area contributed by atoms with Gasteiger partial charge in [-0.2, -0.15) is 0 Å². The van der Waals surface area contributed by atoms with Crippen molar-refractivity contribution in [1.82, 2.24) is 0 Å². The fraction of sp³-hybridized carbons (Fsp3) is 0.529. The standard InChI is InChI=1S/C17H24O4/c1-3-5-6-10-13(9-4-2)21-17(20)15-12-8-7-11-14(15)16(18)19/h7-8,11-13H,3-6,9-10H2,1-2H3,(H,18,19). The summed E-state index contributed by atoms with van der Waals surface area (Å²) in [5.74, 6) is -1.65. The average Bonchev–Trinajstić information content (AvgIpc) is 2.47. The second-order valence-corrected chi connectivity index (χ2v) is 5.16. The zero-order valence-electron chi connectivity index (χ0n) is 12.8. The first kappa shape index (κ1) is 17.2. The normalized spacial score (nSPS) is 11.9. The Kier molecular flexibility index (Phi) is 7.51. The highest BCUT2D eigenvalue weighted by Crippen LogP contribution is 2.17. The van der Waals surface area contributed by atoms with Crippen LogP contribution in [-0.2, 0) is 4.74 Å². The fourth-order valence-corrected chi connectivity index (χ4v) is 2.27. The Morgan fingerprint density at radius 3 is 2.29 bits per heavy atom. The van der Waals surface area contributed by atoms with Crippen LogP contribution in [0.1, 0.15) is 73.1 Å². The lowest BCUT2D eigenvalue weighted by Gasteiger charge is -2.17. The maximum Gasteiger partial charge on any atom is 0.339 e. The summed E-state index contributed by atoms with van der Waals surface area (Å²) in [5.41, 5.74) is 0.118. The molecule has 1 rings (SSSR count). The summed E-state index contributed by atoms with van der Waals surface area (Å²) in [6, 6.07) is 6.17. The molecule has 1 aromatic carbocycles. The summed E-state index contributed by atoms with van der Waals surface area (Å²) < 4.78 is 5.51. The minimum atomic E-state index is -1.11. The fourth-order valence-electron chi connectivity index (χ4n) is 2.27. The molecular weight excluding hydrogens is 268 g/mol. The molecule has 4 nitrogen and oxygen atoms in total. The number of ether oxygens (including phenoxy) is 1. The molecule has 0 bridgehead atoms. The van der Waals surface area contributed by atoms with Gasteiger partial charge in [0.15, 0.2) is 0 Å². The number of hydrogen-bond acceptors (Lipinski definition) is 3. The molecule has 0 spiro atoms.